The van der Waals surface area contributed by atoms with E-state index in [-0.39, 0.29) is 23.3 Å². The van der Waals surface area contributed by atoms with Crippen molar-refractivity contribution in [3.05, 3.63) is 59.0 Å². The van der Waals surface area contributed by atoms with Crippen molar-refractivity contribution in [1.82, 2.24) is 15.3 Å². The molecule has 2 aliphatic rings. The number of halogens is 4. The molecule has 1 aromatic heterocycles. The summed E-state index contributed by atoms with van der Waals surface area (Å²) < 4.78 is 62.1. The molecule has 35 heavy (non-hydrogen) atoms. The van der Waals surface area contributed by atoms with Crippen molar-refractivity contribution < 1.29 is 22.3 Å². The highest BCUT2D eigenvalue weighted by atomic mass is 19.4. The number of anilines is 3. The molecule has 2 N–H and O–H groups in total. The van der Waals surface area contributed by atoms with Crippen LogP contribution >= 0.6 is 0 Å². The molecule has 184 valence electrons. The van der Waals surface area contributed by atoms with Gasteiger partial charge in [-0.3, -0.25) is 0 Å². The number of nitrogens with zero attached hydrogens (tertiary/aromatic N) is 3. The van der Waals surface area contributed by atoms with E-state index in [4.69, 9.17) is 4.74 Å². The summed E-state index contributed by atoms with van der Waals surface area (Å²) in [4.78, 5) is 10.0. The summed E-state index contributed by atoms with van der Waals surface area (Å²) in [5.41, 5.74) is 1.99. The van der Waals surface area contributed by atoms with Crippen molar-refractivity contribution in [2.75, 3.05) is 29.9 Å². The van der Waals surface area contributed by atoms with E-state index in [2.05, 4.69) is 20.6 Å². The summed E-state index contributed by atoms with van der Waals surface area (Å²) in [5, 5.41) is 6.31. The van der Waals surface area contributed by atoms with Crippen LogP contribution in [0.4, 0.5) is 34.9 Å². The molecule has 0 amide bonds. The zero-order valence-corrected chi connectivity index (χ0v) is 19.3. The molecule has 2 aromatic carbocycles. The summed E-state index contributed by atoms with van der Waals surface area (Å²) in [6.45, 7) is 6.30. The van der Waals surface area contributed by atoms with Gasteiger partial charge in [0.2, 0.25) is 5.95 Å². The lowest BCUT2D eigenvalue weighted by Gasteiger charge is -2.35. The Labute approximate surface area is 200 Å². The second kappa shape index (κ2) is 8.99. The van der Waals surface area contributed by atoms with Crippen LogP contribution in [-0.2, 0) is 19.1 Å². The molecule has 3 aromatic rings. The van der Waals surface area contributed by atoms with Crippen LogP contribution in [0.1, 0.15) is 30.5 Å². The fourth-order valence-corrected chi connectivity index (χ4v) is 4.53. The Bertz CT molecular complexity index is 1260. The van der Waals surface area contributed by atoms with Gasteiger partial charge in [0.25, 0.3) is 0 Å². The van der Waals surface area contributed by atoms with Crippen molar-refractivity contribution in [3.63, 3.8) is 0 Å². The van der Waals surface area contributed by atoms with Gasteiger partial charge in [0, 0.05) is 30.0 Å². The molecule has 0 atom stereocenters. The lowest BCUT2D eigenvalue weighted by molar-refractivity contribution is -0.137. The van der Waals surface area contributed by atoms with Gasteiger partial charge in [-0.2, -0.15) is 13.2 Å². The maximum atomic E-state index is 15.0. The predicted octanol–water partition coefficient (Wildman–Crippen LogP) is 5.30. The summed E-state index contributed by atoms with van der Waals surface area (Å²) in [7, 11) is 0. The predicted molar refractivity (Wildman–Crippen MR) is 126 cm³/mol. The Balaban J connectivity index is 1.57. The first-order valence-corrected chi connectivity index (χ1v) is 11.5. The lowest BCUT2D eigenvalue weighted by atomic mass is 10.0. The molecule has 2 aliphatic heterocycles. The number of ether oxygens (including phenoxy) is 1. The second-order valence-electron chi connectivity index (χ2n) is 8.93. The Hall–Kier alpha value is -3.40. The molecule has 0 bridgehead atoms. The highest BCUT2D eigenvalue weighted by Gasteiger charge is 2.36. The monoisotopic (exact) mass is 487 g/mol. The summed E-state index contributed by atoms with van der Waals surface area (Å²) in [5.74, 6) is -0.692. The molecule has 0 radical (unpaired) electrons. The molecule has 10 heteroatoms. The van der Waals surface area contributed by atoms with Gasteiger partial charge in [0.05, 0.1) is 17.9 Å². The van der Waals surface area contributed by atoms with Crippen LogP contribution in [0.25, 0.3) is 11.3 Å². The quantitative estimate of drug-likeness (QED) is 0.487. The SMILES string of the molecule is CC(C)N1CCOc2c(F)cc(-c3nc(Nc4ccc5c(c4)CCNC5)ncc3C(F)(F)F)cc21. The molecule has 5 rings (SSSR count). The number of hydrogen-bond acceptors (Lipinski definition) is 6. The van der Waals surface area contributed by atoms with Crippen molar-refractivity contribution >= 4 is 17.3 Å². The number of aromatic nitrogens is 2. The fourth-order valence-electron chi connectivity index (χ4n) is 4.53. The smallest absolute Gasteiger partial charge is 0.419 e. The number of fused-ring (bicyclic) bond motifs is 2. The number of hydrogen-bond donors (Lipinski definition) is 2. The van der Waals surface area contributed by atoms with Crippen molar-refractivity contribution in [3.8, 4) is 17.0 Å². The number of nitrogens with one attached hydrogen (secondary N) is 2. The Kier molecular flexibility index (Phi) is 6.00. The minimum absolute atomic E-state index is 0.00280. The van der Waals surface area contributed by atoms with E-state index < -0.39 is 23.3 Å². The van der Waals surface area contributed by atoms with Gasteiger partial charge in [-0.15, -0.1) is 0 Å². The van der Waals surface area contributed by atoms with Crippen molar-refractivity contribution in [2.24, 2.45) is 0 Å². The van der Waals surface area contributed by atoms with E-state index in [0.29, 0.717) is 24.5 Å². The molecule has 0 saturated carbocycles. The highest BCUT2D eigenvalue weighted by molar-refractivity contribution is 5.74. The molecule has 6 nitrogen and oxygen atoms in total. The molecular weight excluding hydrogens is 462 g/mol. The molecule has 0 spiro atoms. The maximum Gasteiger partial charge on any atom is 0.419 e. The van der Waals surface area contributed by atoms with Gasteiger partial charge >= 0.3 is 6.18 Å². The number of rotatable bonds is 4. The van der Waals surface area contributed by atoms with Crippen LogP contribution in [0.3, 0.4) is 0 Å². The fraction of sp³-hybridized carbons (Fsp3) is 0.360. The average Bonchev–Trinajstić information content (AvgIpc) is 2.83. The first-order valence-electron chi connectivity index (χ1n) is 11.5. The zero-order chi connectivity index (χ0) is 24.7. The summed E-state index contributed by atoms with van der Waals surface area (Å²) in [6, 6.07) is 8.31. The highest BCUT2D eigenvalue weighted by Crippen LogP contribution is 2.42. The molecule has 0 aliphatic carbocycles. The van der Waals surface area contributed by atoms with E-state index in [1.165, 1.54) is 11.6 Å². The van der Waals surface area contributed by atoms with E-state index in [0.717, 1.165) is 37.3 Å². The topological polar surface area (TPSA) is 62.3 Å². The third kappa shape index (κ3) is 4.62. The van der Waals surface area contributed by atoms with Crippen LogP contribution in [0.2, 0.25) is 0 Å². The van der Waals surface area contributed by atoms with Crippen LogP contribution < -0.4 is 20.3 Å². The van der Waals surface area contributed by atoms with Gasteiger partial charge in [-0.1, -0.05) is 6.07 Å². The van der Waals surface area contributed by atoms with Gasteiger partial charge in [0.15, 0.2) is 11.6 Å². The third-order valence-corrected chi connectivity index (χ3v) is 6.25. The van der Waals surface area contributed by atoms with E-state index in [1.54, 1.807) is 0 Å². The molecule has 0 fully saturated rings. The maximum absolute atomic E-state index is 15.0. The van der Waals surface area contributed by atoms with Gasteiger partial charge in [-0.05, 0) is 62.2 Å². The molecule has 3 heterocycles. The minimum Gasteiger partial charge on any atom is -0.486 e. The average molecular weight is 488 g/mol. The van der Waals surface area contributed by atoms with E-state index >= 15 is 0 Å². The zero-order valence-electron chi connectivity index (χ0n) is 19.3. The van der Waals surface area contributed by atoms with Crippen LogP contribution in [0, 0.1) is 5.82 Å². The van der Waals surface area contributed by atoms with Gasteiger partial charge < -0.3 is 20.3 Å². The molecular formula is C25H25F4N5O. The largest absolute Gasteiger partial charge is 0.486 e. The standard InChI is InChI=1S/C25H25F4N5O/c1-14(2)34-7-8-35-23-20(26)10-17(11-21(23)34)22-19(25(27,28)29)13-31-24(33-22)32-18-4-3-16-12-30-6-5-15(16)9-18/h3-4,9-11,13-14,30H,5-8,12H2,1-2H3,(H,31,32,33). The first-order chi connectivity index (χ1) is 16.7. The summed E-state index contributed by atoms with van der Waals surface area (Å²) >= 11 is 0. The molecule has 0 unspecified atom stereocenters. The number of alkyl halides is 3. The second-order valence-corrected chi connectivity index (χ2v) is 8.93. The van der Waals surface area contributed by atoms with Crippen molar-refractivity contribution in [2.45, 2.75) is 39.0 Å². The normalized spacial score (nSPS) is 15.5. The lowest BCUT2D eigenvalue weighted by Crippen LogP contribution is -2.38. The van der Waals surface area contributed by atoms with Gasteiger partial charge in [0.1, 0.15) is 12.2 Å². The Morgan fingerprint density at radius 2 is 1.97 bits per heavy atom. The van der Waals surface area contributed by atoms with Crippen molar-refractivity contribution in [1.29, 1.82) is 0 Å². The molecule has 0 saturated heterocycles. The Morgan fingerprint density at radius 3 is 2.74 bits per heavy atom. The van der Waals surface area contributed by atoms with Crippen LogP contribution in [0.15, 0.2) is 36.5 Å². The van der Waals surface area contributed by atoms with Gasteiger partial charge in [-0.25, -0.2) is 14.4 Å². The van der Waals surface area contributed by atoms with E-state index in [1.807, 2.05) is 36.9 Å². The van der Waals surface area contributed by atoms with Crippen LogP contribution in [0.5, 0.6) is 5.75 Å². The van der Waals surface area contributed by atoms with Crippen LogP contribution in [-0.4, -0.2) is 35.7 Å². The minimum atomic E-state index is -4.71. The first kappa shape index (κ1) is 23.3. The number of benzene rings is 2. The van der Waals surface area contributed by atoms with E-state index in [9.17, 15) is 17.6 Å². The third-order valence-electron chi connectivity index (χ3n) is 6.25. The Morgan fingerprint density at radius 1 is 1.14 bits per heavy atom. The summed E-state index contributed by atoms with van der Waals surface area (Å²) in [6.07, 6.45) is -3.12.